The van der Waals surface area contributed by atoms with Crippen LogP contribution in [0.2, 0.25) is 0 Å². The van der Waals surface area contributed by atoms with Gasteiger partial charge in [-0.05, 0) is 49.2 Å². The highest BCUT2D eigenvalue weighted by atomic mass is 32.2. The molecule has 1 aliphatic rings. The molecule has 0 saturated carbocycles. The van der Waals surface area contributed by atoms with E-state index in [1.807, 2.05) is 12.1 Å². The first kappa shape index (κ1) is 22.2. The average Bonchev–Trinajstić information content (AvgIpc) is 3.27. The van der Waals surface area contributed by atoms with Crippen LogP contribution in [-0.2, 0) is 28.7 Å². The van der Waals surface area contributed by atoms with Crippen molar-refractivity contribution in [3.63, 3.8) is 0 Å². The van der Waals surface area contributed by atoms with E-state index in [-0.39, 0.29) is 16.6 Å². The molecule has 0 unspecified atom stereocenters. The summed E-state index contributed by atoms with van der Waals surface area (Å²) < 4.78 is 29.8. The summed E-state index contributed by atoms with van der Waals surface area (Å²) in [5.74, 6) is -1.30. The van der Waals surface area contributed by atoms with Crippen molar-refractivity contribution >= 4 is 15.7 Å². The molecule has 4 rings (SSSR count). The zero-order chi connectivity index (χ0) is 22.4. The van der Waals surface area contributed by atoms with Crippen molar-refractivity contribution in [2.24, 2.45) is 0 Å². The van der Waals surface area contributed by atoms with E-state index in [1.54, 1.807) is 18.2 Å². The first-order valence-corrected chi connectivity index (χ1v) is 12.3. The molecule has 1 N–H and O–H groups in total. The number of nitrogens with one attached hydrogen (secondary N) is 1. The summed E-state index contributed by atoms with van der Waals surface area (Å²) in [6.45, 7) is 3.55. The summed E-state index contributed by atoms with van der Waals surface area (Å²) >= 11 is 0. The summed E-state index contributed by atoms with van der Waals surface area (Å²) in [7, 11) is -3.62. The Morgan fingerprint density at radius 1 is 0.969 bits per heavy atom. The van der Waals surface area contributed by atoms with Crippen molar-refractivity contribution in [2.45, 2.75) is 43.0 Å². The van der Waals surface area contributed by atoms with Crippen molar-refractivity contribution in [2.75, 3.05) is 13.1 Å². The van der Waals surface area contributed by atoms with Crippen LogP contribution >= 0.6 is 0 Å². The van der Waals surface area contributed by atoms with Crippen LogP contribution in [-0.4, -0.2) is 42.5 Å². The number of carbonyl (C=O) groups excluding carboxylic acids is 1. The average molecular weight is 455 g/mol. The van der Waals surface area contributed by atoms with Gasteiger partial charge in [-0.25, -0.2) is 8.42 Å². The van der Waals surface area contributed by atoms with Gasteiger partial charge in [0, 0.05) is 13.1 Å². The molecule has 1 saturated heterocycles. The number of hydrogen-bond acceptors (Lipinski definition) is 7. The maximum atomic E-state index is 12.4. The van der Waals surface area contributed by atoms with Gasteiger partial charge < -0.3 is 9.84 Å². The molecule has 0 bridgehead atoms. The molecule has 1 aromatic heterocycles. The van der Waals surface area contributed by atoms with Crippen LogP contribution < -0.4 is 5.32 Å². The Hall–Kier alpha value is -3.04. The lowest BCUT2D eigenvalue weighted by molar-refractivity contribution is 0.0907. The molecule has 1 aliphatic heterocycles. The molecular weight excluding hydrogens is 428 g/mol. The predicted molar refractivity (Wildman–Crippen MR) is 118 cm³/mol. The molecule has 3 aromatic rings. The van der Waals surface area contributed by atoms with Gasteiger partial charge in [0.2, 0.25) is 0 Å². The topological polar surface area (TPSA) is 105 Å². The Morgan fingerprint density at radius 2 is 1.66 bits per heavy atom. The van der Waals surface area contributed by atoms with E-state index in [2.05, 4.69) is 32.5 Å². The summed E-state index contributed by atoms with van der Waals surface area (Å²) in [4.78, 5) is 18.9. The van der Waals surface area contributed by atoms with Crippen molar-refractivity contribution < 1.29 is 17.7 Å². The molecule has 0 spiro atoms. The monoisotopic (exact) mass is 454 g/mol. The Balaban J connectivity index is 1.29. The second-order valence-electron chi connectivity index (χ2n) is 7.92. The van der Waals surface area contributed by atoms with E-state index in [0.29, 0.717) is 6.54 Å². The van der Waals surface area contributed by atoms with Gasteiger partial charge in [-0.1, -0.05) is 54.0 Å². The van der Waals surface area contributed by atoms with Gasteiger partial charge in [0.25, 0.3) is 0 Å². The highest BCUT2D eigenvalue weighted by Gasteiger charge is 2.21. The van der Waals surface area contributed by atoms with E-state index in [4.69, 9.17) is 4.52 Å². The first-order chi connectivity index (χ1) is 15.5. The maximum Gasteiger partial charge on any atom is 0.315 e. The quantitative estimate of drug-likeness (QED) is 0.558. The molecule has 168 valence electrons. The third-order valence-electron chi connectivity index (χ3n) is 5.41. The summed E-state index contributed by atoms with van der Waals surface area (Å²) in [6.07, 6.45) is 3.85. The van der Waals surface area contributed by atoms with Crippen LogP contribution in [0, 0.1) is 0 Å². The van der Waals surface area contributed by atoms with E-state index in [1.165, 1.54) is 37.0 Å². The van der Waals surface area contributed by atoms with Crippen molar-refractivity contribution in [1.82, 2.24) is 20.4 Å². The number of benzene rings is 2. The van der Waals surface area contributed by atoms with Gasteiger partial charge in [-0.3, -0.25) is 9.69 Å². The zero-order valence-corrected chi connectivity index (χ0v) is 18.6. The Kier molecular flexibility index (Phi) is 6.96. The molecule has 0 atom stereocenters. The van der Waals surface area contributed by atoms with Gasteiger partial charge >= 0.3 is 11.8 Å². The lowest BCUT2D eigenvalue weighted by atomic mass is 10.1. The Labute approximate surface area is 187 Å². The van der Waals surface area contributed by atoms with Crippen molar-refractivity contribution in [1.29, 1.82) is 0 Å². The van der Waals surface area contributed by atoms with Crippen LogP contribution in [0.4, 0.5) is 0 Å². The van der Waals surface area contributed by atoms with E-state index in [0.717, 1.165) is 25.2 Å². The van der Waals surface area contributed by atoms with E-state index in [9.17, 15) is 13.2 Å². The molecule has 1 amide bonds. The lowest BCUT2D eigenvalue weighted by Crippen LogP contribution is -2.29. The van der Waals surface area contributed by atoms with Gasteiger partial charge in [0.15, 0.2) is 15.7 Å². The third-order valence-corrected chi connectivity index (χ3v) is 7.04. The number of carbonyl (C=O) groups is 1. The molecule has 0 aliphatic carbocycles. The molecular formula is C23H26N4O4S. The number of sulfone groups is 1. The van der Waals surface area contributed by atoms with Crippen molar-refractivity contribution in [3.8, 4) is 0 Å². The molecule has 9 heteroatoms. The van der Waals surface area contributed by atoms with E-state index >= 15 is 0 Å². The van der Waals surface area contributed by atoms with Crippen LogP contribution in [0.15, 0.2) is 64.0 Å². The summed E-state index contributed by atoms with van der Waals surface area (Å²) in [5.41, 5.74) is 2.20. The maximum absolute atomic E-state index is 12.4. The number of piperidine rings is 1. The molecule has 2 aromatic carbocycles. The highest BCUT2D eigenvalue weighted by molar-refractivity contribution is 7.90. The van der Waals surface area contributed by atoms with Gasteiger partial charge in [-0.15, -0.1) is 0 Å². The Bertz CT molecular complexity index is 1140. The van der Waals surface area contributed by atoms with Crippen LogP contribution in [0.25, 0.3) is 0 Å². The lowest BCUT2D eigenvalue weighted by Gasteiger charge is -2.26. The minimum absolute atomic E-state index is 0.0546. The highest BCUT2D eigenvalue weighted by Crippen LogP contribution is 2.15. The first-order valence-electron chi connectivity index (χ1n) is 10.7. The zero-order valence-electron chi connectivity index (χ0n) is 17.7. The number of hydrogen-bond donors (Lipinski definition) is 1. The fourth-order valence-electron chi connectivity index (χ4n) is 3.68. The molecule has 1 fully saturated rings. The minimum Gasteiger partial charge on any atom is -0.344 e. The fraction of sp³-hybridized carbons (Fsp3) is 0.348. The van der Waals surface area contributed by atoms with Gasteiger partial charge in [0.1, 0.15) is 5.75 Å². The van der Waals surface area contributed by atoms with Gasteiger partial charge in [0.05, 0.1) is 4.90 Å². The molecule has 32 heavy (non-hydrogen) atoms. The standard InChI is InChI=1S/C23H26N4O4S/c28-22(23-25-21(26-31-23)17-32(29,30)20-7-3-1-4-8-20)24-15-18-9-11-19(12-10-18)16-27-13-5-2-6-14-27/h1,3-4,7-12H,2,5-6,13-17H2,(H,24,28). The Morgan fingerprint density at radius 3 is 2.38 bits per heavy atom. The number of rotatable bonds is 8. The third kappa shape index (κ3) is 5.80. The number of aromatic nitrogens is 2. The van der Waals surface area contributed by atoms with Crippen molar-refractivity contribution in [3.05, 3.63) is 77.4 Å². The second kappa shape index (κ2) is 10.1. The predicted octanol–water partition coefficient (Wildman–Crippen LogP) is 2.96. The normalized spacial score (nSPS) is 14.9. The van der Waals surface area contributed by atoms with Crippen LogP contribution in [0.1, 0.15) is 46.9 Å². The molecule has 2 heterocycles. The minimum atomic E-state index is -3.62. The fourth-order valence-corrected chi connectivity index (χ4v) is 4.88. The number of amides is 1. The SMILES string of the molecule is O=C(NCc1ccc(CN2CCCCC2)cc1)c1nc(CS(=O)(=O)c2ccccc2)no1. The number of likely N-dealkylation sites (tertiary alicyclic amines) is 1. The van der Waals surface area contributed by atoms with Crippen LogP contribution in [0.5, 0.6) is 0 Å². The summed E-state index contributed by atoms with van der Waals surface area (Å²) in [5, 5.41) is 6.37. The number of nitrogens with zero attached hydrogens (tertiary/aromatic N) is 3. The van der Waals surface area contributed by atoms with Gasteiger partial charge in [-0.2, -0.15) is 4.98 Å². The largest absolute Gasteiger partial charge is 0.344 e. The second-order valence-corrected chi connectivity index (χ2v) is 9.91. The molecule has 0 radical (unpaired) electrons. The smallest absolute Gasteiger partial charge is 0.315 e. The summed E-state index contributed by atoms with van der Waals surface area (Å²) in [6, 6.07) is 16.2. The van der Waals surface area contributed by atoms with Crippen LogP contribution in [0.3, 0.4) is 0 Å². The molecule has 8 nitrogen and oxygen atoms in total. The van der Waals surface area contributed by atoms with E-state index < -0.39 is 21.5 Å².